The summed E-state index contributed by atoms with van der Waals surface area (Å²) in [6.45, 7) is 6.95. The number of unbranched alkanes of at least 4 members (excludes halogenated alkanes) is 18. The third kappa shape index (κ3) is 15.2. The van der Waals surface area contributed by atoms with Gasteiger partial charge in [0.15, 0.2) is 46.6 Å². The topological polar surface area (TPSA) is 147 Å². The highest BCUT2D eigenvalue weighted by atomic mass is 16.6. The number of esters is 1. The highest BCUT2D eigenvalue weighted by Crippen LogP contribution is 2.55. The van der Waals surface area contributed by atoms with Crippen LogP contribution in [0.15, 0.2) is 60.7 Å². The van der Waals surface area contributed by atoms with Crippen LogP contribution in [0, 0.1) is 0 Å². The normalized spacial score (nSPS) is 20.0. The van der Waals surface area contributed by atoms with Crippen LogP contribution in [0.5, 0.6) is 46.0 Å². The standard InChI is InChI=1S/C67H94N2O11/c1-9-11-13-15-17-19-21-23-25-27-29-54(66(71)72)68(4)39-37-50-44-59(76-7)61-46-53(50)56(68)41-48-31-34-52(35-32-48)79-60-43-49(33-36-58(60)75-6)42-57-63-51(45-62(77-8)64(65(63)80-61)78-47(3)70)38-40-69(57,5)55(67(73)74)30-28-26-24-22-20-18-16-14-12-10-2/h31-36,43-46,54-57H,9-30,37-42H2,1-8H3/p+2. The Labute approximate surface area is 478 Å². The number of carboxylic acid groups (broad SMARTS) is 2. The molecule has 0 saturated carbocycles. The second-order valence-electron chi connectivity index (χ2n) is 23.7. The van der Waals surface area contributed by atoms with Gasteiger partial charge in [0, 0.05) is 51.0 Å². The molecule has 0 radical (unpaired) electrons. The van der Waals surface area contributed by atoms with E-state index < -0.39 is 36.0 Å². The van der Waals surface area contributed by atoms with Crippen LogP contribution in [-0.4, -0.2) is 97.7 Å². The fourth-order valence-corrected chi connectivity index (χ4v) is 13.4. The number of carboxylic acids is 2. The highest BCUT2D eigenvalue weighted by molar-refractivity contribution is 5.75. The summed E-state index contributed by atoms with van der Waals surface area (Å²) >= 11 is 0. The number of rotatable bonds is 30. The second-order valence-corrected chi connectivity index (χ2v) is 23.7. The fourth-order valence-electron chi connectivity index (χ4n) is 13.4. The summed E-state index contributed by atoms with van der Waals surface area (Å²) < 4.78 is 38.9. The number of ether oxygens (including phenoxy) is 6. The van der Waals surface area contributed by atoms with Crippen molar-refractivity contribution in [2.24, 2.45) is 0 Å². The van der Waals surface area contributed by atoms with E-state index in [0.717, 1.165) is 78.3 Å². The number of hydrogen-bond donors (Lipinski definition) is 2. The Morgan fingerprint density at radius 1 is 0.550 bits per heavy atom. The van der Waals surface area contributed by atoms with Gasteiger partial charge >= 0.3 is 17.9 Å². The van der Waals surface area contributed by atoms with Gasteiger partial charge in [-0.25, -0.2) is 9.59 Å². The fraction of sp³-hybridized carbons (Fsp3) is 0.597. The summed E-state index contributed by atoms with van der Waals surface area (Å²) in [5, 5.41) is 22.7. The van der Waals surface area contributed by atoms with Gasteiger partial charge in [0.05, 0.1) is 54.1 Å². The quantitative estimate of drug-likeness (QED) is 0.0223. The SMILES string of the molecule is CCCCCCCCCCCCC(C(=O)O)[N+]1(C)CCc2cc(OC)c3cc2C1Cc1ccc(cc1)Oc1cc(ccc1OC)CC1c2c(cc(OC)c(OC(C)=O)c2O3)CC[N+]1(C)C(CCCCCCCCCCCC)C(=O)O. The van der Waals surface area contributed by atoms with Crippen molar-refractivity contribution >= 4 is 17.9 Å². The number of likely N-dealkylation sites (N-methyl/N-ethyl adjacent to an activating group) is 2. The van der Waals surface area contributed by atoms with Gasteiger partial charge in [0.2, 0.25) is 5.75 Å². The zero-order chi connectivity index (χ0) is 57.2. The predicted octanol–water partition coefficient (Wildman–Crippen LogP) is 15.6. The first kappa shape index (κ1) is 61.8. The van der Waals surface area contributed by atoms with Crippen LogP contribution in [0.1, 0.15) is 207 Å². The number of aliphatic carboxylic acids is 2. The van der Waals surface area contributed by atoms with E-state index in [1.165, 1.54) is 90.4 Å². The molecule has 4 aliphatic rings. The van der Waals surface area contributed by atoms with E-state index in [1.807, 2.05) is 48.5 Å². The van der Waals surface area contributed by atoms with Gasteiger partial charge in [-0.15, -0.1) is 0 Å². The number of nitrogens with zero attached hydrogens (tertiary/aromatic N) is 2. The number of hydrogen-bond acceptors (Lipinski definition) is 9. The number of fused-ring (bicyclic) bond motifs is 2. The summed E-state index contributed by atoms with van der Waals surface area (Å²) in [5.41, 5.74) is 5.52. The zero-order valence-electron chi connectivity index (χ0n) is 49.8. The van der Waals surface area contributed by atoms with Crippen LogP contribution >= 0.6 is 0 Å². The van der Waals surface area contributed by atoms with Crippen LogP contribution in [-0.2, 0) is 40.1 Å². The highest BCUT2D eigenvalue weighted by Gasteiger charge is 2.51. The van der Waals surface area contributed by atoms with Crippen molar-refractivity contribution in [2.45, 2.75) is 212 Å². The summed E-state index contributed by atoms with van der Waals surface area (Å²) in [5.74, 6) is 0.906. The maximum atomic E-state index is 14.0. The molecule has 0 saturated heterocycles. The van der Waals surface area contributed by atoms with Gasteiger partial charge in [-0.1, -0.05) is 148 Å². The summed E-state index contributed by atoms with van der Waals surface area (Å²) in [4.78, 5) is 41.0. The Bertz CT molecular complexity index is 2670. The van der Waals surface area contributed by atoms with E-state index in [-0.39, 0.29) is 26.5 Å². The monoisotopic (exact) mass is 1100 g/mol. The Morgan fingerprint density at radius 2 is 1.01 bits per heavy atom. The molecular formula is C67H96N2O11+2. The molecule has 4 aliphatic heterocycles. The van der Waals surface area contributed by atoms with Crippen molar-refractivity contribution in [3.05, 3.63) is 94.0 Å². The van der Waals surface area contributed by atoms with Crippen molar-refractivity contribution in [1.29, 1.82) is 0 Å². The van der Waals surface area contributed by atoms with Crippen LogP contribution in [0.4, 0.5) is 0 Å². The molecule has 6 atom stereocenters. The van der Waals surface area contributed by atoms with E-state index >= 15 is 0 Å². The van der Waals surface area contributed by atoms with Crippen molar-refractivity contribution < 1.29 is 62.0 Å². The zero-order valence-corrected chi connectivity index (χ0v) is 49.8. The van der Waals surface area contributed by atoms with E-state index in [0.29, 0.717) is 86.1 Å². The maximum Gasteiger partial charge on any atom is 0.362 e. The minimum atomic E-state index is -0.860. The van der Waals surface area contributed by atoms with Gasteiger partial charge in [-0.2, -0.15) is 0 Å². The molecular weight excluding hydrogens is 1010 g/mol. The second kappa shape index (κ2) is 29.8. The smallest absolute Gasteiger partial charge is 0.362 e. The van der Waals surface area contributed by atoms with Gasteiger partial charge in [-0.3, -0.25) is 4.79 Å². The molecule has 2 N–H and O–H groups in total. The van der Waals surface area contributed by atoms with Crippen molar-refractivity contribution in [1.82, 2.24) is 0 Å². The van der Waals surface area contributed by atoms with E-state index in [9.17, 15) is 24.6 Å². The molecule has 80 heavy (non-hydrogen) atoms. The molecule has 0 fully saturated rings. The molecule has 0 aliphatic carbocycles. The molecule has 8 rings (SSSR count). The minimum absolute atomic E-state index is 0.0887. The first-order chi connectivity index (χ1) is 38.7. The van der Waals surface area contributed by atoms with Gasteiger partial charge < -0.3 is 47.6 Å². The molecule has 438 valence electrons. The first-order valence-electron chi connectivity index (χ1n) is 30.6. The lowest BCUT2D eigenvalue weighted by molar-refractivity contribution is -0.956. The van der Waals surface area contributed by atoms with Gasteiger partial charge in [0.1, 0.15) is 17.8 Å². The molecule has 4 aromatic carbocycles. The van der Waals surface area contributed by atoms with Crippen molar-refractivity contribution in [3.8, 4) is 46.0 Å². The lowest BCUT2D eigenvalue weighted by Crippen LogP contribution is -2.61. The van der Waals surface area contributed by atoms with Gasteiger partial charge in [0.25, 0.3) is 0 Å². The van der Waals surface area contributed by atoms with E-state index in [4.69, 9.17) is 28.4 Å². The van der Waals surface area contributed by atoms with Gasteiger partial charge in [-0.05, 0) is 77.6 Å². The average molecular weight is 1110 g/mol. The third-order valence-corrected chi connectivity index (χ3v) is 18.2. The molecule has 6 bridgehead atoms. The minimum Gasteiger partial charge on any atom is -0.493 e. The summed E-state index contributed by atoms with van der Waals surface area (Å²) in [7, 11) is 8.95. The number of carbonyl (C=O) groups excluding carboxylic acids is 1. The number of carbonyl (C=O) groups is 3. The third-order valence-electron chi connectivity index (χ3n) is 18.2. The predicted molar refractivity (Wildman–Crippen MR) is 315 cm³/mol. The number of quaternary nitrogens is 2. The van der Waals surface area contributed by atoms with Crippen LogP contribution in [0.25, 0.3) is 0 Å². The van der Waals surface area contributed by atoms with E-state index in [2.05, 4.69) is 40.1 Å². The molecule has 0 aromatic heterocycles. The molecule has 4 heterocycles. The van der Waals surface area contributed by atoms with Crippen molar-refractivity contribution in [2.75, 3.05) is 48.5 Å². The molecule has 13 nitrogen and oxygen atoms in total. The van der Waals surface area contributed by atoms with Crippen LogP contribution < -0.4 is 28.4 Å². The summed E-state index contributed by atoms with van der Waals surface area (Å²) in [6, 6.07) is 17.6. The Balaban J connectivity index is 1.35. The summed E-state index contributed by atoms with van der Waals surface area (Å²) in [6.07, 6.45) is 26.2. The average Bonchev–Trinajstić information content (AvgIpc) is 3.44. The Hall–Kier alpha value is -5.79. The molecule has 0 amide bonds. The van der Waals surface area contributed by atoms with Crippen LogP contribution in [0.2, 0.25) is 0 Å². The molecule has 0 spiro atoms. The largest absolute Gasteiger partial charge is 0.493 e. The maximum absolute atomic E-state index is 14.0. The first-order valence-corrected chi connectivity index (χ1v) is 30.6. The Kier molecular flexibility index (Phi) is 23.0. The molecule has 13 heteroatoms. The molecule has 6 unspecified atom stereocenters. The number of benzene rings is 4. The van der Waals surface area contributed by atoms with Crippen molar-refractivity contribution in [3.63, 3.8) is 0 Å². The van der Waals surface area contributed by atoms with Crippen LogP contribution in [0.3, 0.4) is 0 Å². The van der Waals surface area contributed by atoms with E-state index in [1.54, 1.807) is 21.3 Å². The Morgan fingerprint density at radius 3 is 1.52 bits per heavy atom. The molecule has 4 aromatic rings. The lowest BCUT2D eigenvalue weighted by Gasteiger charge is -2.49. The number of methoxy groups -OCH3 is 3. The lowest BCUT2D eigenvalue weighted by atomic mass is 9.83.